The highest BCUT2D eigenvalue weighted by atomic mass is 16.5. The first-order valence-electron chi connectivity index (χ1n) is 5.69. The fraction of sp³-hybridized carbons (Fsp3) is 0.909. The van der Waals surface area contributed by atoms with E-state index < -0.39 is 0 Å². The van der Waals surface area contributed by atoms with Gasteiger partial charge in [0.05, 0.1) is 6.61 Å². The lowest BCUT2D eigenvalue weighted by Crippen LogP contribution is -2.35. The fourth-order valence-electron chi connectivity index (χ4n) is 2.12. The minimum Gasteiger partial charge on any atom is -0.464 e. The molecule has 0 amide bonds. The molecule has 0 aromatic rings. The molecule has 2 aliphatic carbocycles. The van der Waals surface area contributed by atoms with Crippen molar-refractivity contribution in [2.24, 2.45) is 17.6 Å². The third kappa shape index (κ3) is 2.47. The van der Waals surface area contributed by atoms with Crippen molar-refractivity contribution in [2.75, 3.05) is 6.61 Å². The summed E-state index contributed by atoms with van der Waals surface area (Å²) in [6, 6.07) is -0.351. The van der Waals surface area contributed by atoms with Crippen molar-refractivity contribution >= 4 is 5.97 Å². The van der Waals surface area contributed by atoms with Gasteiger partial charge >= 0.3 is 5.97 Å². The van der Waals surface area contributed by atoms with Crippen LogP contribution in [-0.2, 0) is 9.53 Å². The summed E-state index contributed by atoms with van der Waals surface area (Å²) in [5, 5.41) is 0. The number of rotatable bonds is 4. The first-order valence-corrected chi connectivity index (χ1v) is 5.69. The van der Waals surface area contributed by atoms with Gasteiger partial charge in [-0.15, -0.1) is 0 Å². The summed E-state index contributed by atoms with van der Waals surface area (Å²) >= 11 is 0. The molecule has 80 valence electrons. The molecule has 3 heteroatoms. The van der Waals surface area contributed by atoms with Gasteiger partial charge in [0.25, 0.3) is 0 Å². The number of hydrogen-bond donors (Lipinski definition) is 1. The molecule has 0 aromatic carbocycles. The second-order valence-electron chi connectivity index (χ2n) is 4.64. The van der Waals surface area contributed by atoms with Gasteiger partial charge in [-0.25, -0.2) is 0 Å². The average molecular weight is 197 g/mol. The average Bonchev–Trinajstić information content (AvgIpc) is 2.91. The molecule has 2 saturated carbocycles. The van der Waals surface area contributed by atoms with Crippen LogP contribution in [0.5, 0.6) is 0 Å². The zero-order chi connectivity index (χ0) is 9.97. The Hall–Kier alpha value is -0.570. The number of esters is 1. The molecule has 14 heavy (non-hydrogen) atoms. The predicted molar refractivity (Wildman–Crippen MR) is 53.6 cm³/mol. The van der Waals surface area contributed by atoms with Crippen LogP contribution in [0.4, 0.5) is 0 Å². The van der Waals surface area contributed by atoms with Crippen LogP contribution in [0.3, 0.4) is 0 Å². The van der Waals surface area contributed by atoms with E-state index in [4.69, 9.17) is 10.5 Å². The van der Waals surface area contributed by atoms with E-state index in [0.717, 1.165) is 12.8 Å². The highest BCUT2D eigenvalue weighted by Gasteiger charge is 2.34. The highest BCUT2D eigenvalue weighted by Crippen LogP contribution is 2.32. The number of hydrogen-bond acceptors (Lipinski definition) is 3. The predicted octanol–water partition coefficient (Wildman–Crippen LogP) is 1.46. The molecule has 2 rings (SSSR count). The van der Waals surface area contributed by atoms with E-state index in [-0.39, 0.29) is 12.0 Å². The molecule has 0 radical (unpaired) electrons. The third-order valence-corrected chi connectivity index (χ3v) is 3.34. The first-order chi connectivity index (χ1) is 6.77. The highest BCUT2D eigenvalue weighted by molar-refractivity contribution is 5.76. The van der Waals surface area contributed by atoms with Crippen LogP contribution >= 0.6 is 0 Å². The number of carbonyl (C=O) groups excluding carboxylic acids is 1. The second kappa shape index (κ2) is 4.30. The largest absolute Gasteiger partial charge is 0.464 e. The topological polar surface area (TPSA) is 52.3 Å². The van der Waals surface area contributed by atoms with E-state index in [2.05, 4.69) is 0 Å². The van der Waals surface area contributed by atoms with E-state index >= 15 is 0 Å². The van der Waals surface area contributed by atoms with Crippen molar-refractivity contribution in [1.82, 2.24) is 0 Å². The maximum atomic E-state index is 11.4. The first kappa shape index (κ1) is 9.97. The molecule has 0 aliphatic heterocycles. The number of ether oxygens (including phenoxy) is 1. The Morgan fingerprint density at radius 2 is 1.93 bits per heavy atom. The van der Waals surface area contributed by atoms with Crippen molar-refractivity contribution in [3.05, 3.63) is 0 Å². The Labute approximate surface area is 85.0 Å². The number of nitrogens with two attached hydrogens (primary N) is 1. The van der Waals surface area contributed by atoms with Crippen molar-refractivity contribution < 1.29 is 9.53 Å². The summed E-state index contributed by atoms with van der Waals surface area (Å²) in [6.45, 7) is 0.596. The van der Waals surface area contributed by atoms with Crippen LogP contribution in [0.2, 0.25) is 0 Å². The SMILES string of the molecule is NC(C(=O)OCC1CCCC1)C1CC1. The molecule has 0 saturated heterocycles. The second-order valence-corrected chi connectivity index (χ2v) is 4.64. The smallest absolute Gasteiger partial charge is 0.323 e. The Morgan fingerprint density at radius 3 is 2.50 bits per heavy atom. The molecule has 0 aromatic heterocycles. The molecule has 2 fully saturated rings. The van der Waals surface area contributed by atoms with E-state index in [0.29, 0.717) is 18.4 Å². The lowest BCUT2D eigenvalue weighted by Gasteiger charge is -2.13. The van der Waals surface area contributed by atoms with E-state index in [1.165, 1.54) is 25.7 Å². The molecule has 2 N–H and O–H groups in total. The summed E-state index contributed by atoms with van der Waals surface area (Å²) in [6.07, 6.45) is 7.20. The van der Waals surface area contributed by atoms with Crippen LogP contribution in [0.25, 0.3) is 0 Å². The van der Waals surface area contributed by atoms with Crippen LogP contribution in [0.1, 0.15) is 38.5 Å². The lowest BCUT2D eigenvalue weighted by molar-refractivity contribution is -0.147. The van der Waals surface area contributed by atoms with E-state index in [1.54, 1.807) is 0 Å². The van der Waals surface area contributed by atoms with Gasteiger partial charge in [0, 0.05) is 0 Å². The summed E-state index contributed by atoms with van der Waals surface area (Å²) < 4.78 is 5.23. The van der Waals surface area contributed by atoms with Crippen LogP contribution in [0, 0.1) is 11.8 Å². The van der Waals surface area contributed by atoms with Gasteiger partial charge in [-0.1, -0.05) is 12.8 Å². The van der Waals surface area contributed by atoms with Crippen molar-refractivity contribution in [3.8, 4) is 0 Å². The molecule has 0 bridgehead atoms. The molecule has 1 atom stereocenters. The molecule has 3 nitrogen and oxygen atoms in total. The normalized spacial score (nSPS) is 24.9. The minimum absolute atomic E-state index is 0.181. The molecule has 0 heterocycles. The molecular weight excluding hydrogens is 178 g/mol. The summed E-state index contributed by atoms with van der Waals surface area (Å²) in [4.78, 5) is 11.4. The minimum atomic E-state index is -0.351. The molecule has 1 unspecified atom stereocenters. The van der Waals surface area contributed by atoms with Crippen LogP contribution in [-0.4, -0.2) is 18.6 Å². The van der Waals surface area contributed by atoms with E-state index in [9.17, 15) is 4.79 Å². The lowest BCUT2D eigenvalue weighted by atomic mass is 10.1. The van der Waals surface area contributed by atoms with Gasteiger partial charge in [-0.2, -0.15) is 0 Å². The van der Waals surface area contributed by atoms with Gasteiger partial charge in [0.15, 0.2) is 0 Å². The van der Waals surface area contributed by atoms with Crippen LogP contribution in [0.15, 0.2) is 0 Å². The van der Waals surface area contributed by atoms with Gasteiger partial charge in [0.2, 0.25) is 0 Å². The van der Waals surface area contributed by atoms with Crippen molar-refractivity contribution in [2.45, 2.75) is 44.6 Å². The summed E-state index contributed by atoms with van der Waals surface area (Å²) in [5.74, 6) is 0.829. The van der Waals surface area contributed by atoms with Gasteiger partial charge in [-0.3, -0.25) is 4.79 Å². The Balaban J connectivity index is 1.65. The number of carbonyl (C=O) groups is 1. The maximum Gasteiger partial charge on any atom is 0.323 e. The Bertz CT molecular complexity index is 207. The van der Waals surface area contributed by atoms with Crippen molar-refractivity contribution in [3.63, 3.8) is 0 Å². The van der Waals surface area contributed by atoms with Gasteiger partial charge in [0.1, 0.15) is 6.04 Å². The maximum absolute atomic E-state index is 11.4. The third-order valence-electron chi connectivity index (χ3n) is 3.34. The molecular formula is C11H19NO2. The van der Waals surface area contributed by atoms with Crippen LogP contribution < -0.4 is 5.73 Å². The van der Waals surface area contributed by atoms with Gasteiger partial charge < -0.3 is 10.5 Å². The van der Waals surface area contributed by atoms with E-state index in [1.807, 2.05) is 0 Å². The quantitative estimate of drug-likeness (QED) is 0.694. The summed E-state index contributed by atoms with van der Waals surface area (Å²) in [5.41, 5.74) is 5.73. The zero-order valence-corrected chi connectivity index (χ0v) is 8.58. The monoisotopic (exact) mass is 197 g/mol. The fourth-order valence-corrected chi connectivity index (χ4v) is 2.12. The zero-order valence-electron chi connectivity index (χ0n) is 8.58. The Kier molecular flexibility index (Phi) is 3.06. The molecule has 2 aliphatic rings. The van der Waals surface area contributed by atoms with Gasteiger partial charge in [-0.05, 0) is 37.5 Å². The standard InChI is InChI=1S/C11H19NO2/c12-10(9-5-6-9)11(13)14-7-8-3-1-2-4-8/h8-10H,1-7,12H2. The Morgan fingerprint density at radius 1 is 1.29 bits per heavy atom. The summed E-state index contributed by atoms with van der Waals surface area (Å²) in [7, 11) is 0. The van der Waals surface area contributed by atoms with Crippen molar-refractivity contribution in [1.29, 1.82) is 0 Å². The molecule has 0 spiro atoms.